The van der Waals surface area contributed by atoms with Gasteiger partial charge in [-0.2, -0.15) is 0 Å². The largest absolute Gasteiger partial charge is 0.383 e. The molecule has 1 saturated heterocycles. The van der Waals surface area contributed by atoms with Crippen molar-refractivity contribution in [2.24, 2.45) is 7.05 Å². The molecule has 1 aliphatic rings. The minimum absolute atomic E-state index is 0.0938. The third kappa shape index (κ3) is 4.74. The average Bonchev–Trinajstić information content (AvgIpc) is 2.67. The van der Waals surface area contributed by atoms with E-state index in [1.54, 1.807) is 26.4 Å². The summed E-state index contributed by atoms with van der Waals surface area (Å²) in [6.45, 7) is 8.15. The van der Waals surface area contributed by atoms with Crippen LogP contribution in [0.3, 0.4) is 0 Å². The van der Waals surface area contributed by atoms with Crippen molar-refractivity contribution in [2.45, 2.75) is 25.9 Å². The van der Waals surface area contributed by atoms with E-state index < -0.39 is 0 Å². The lowest BCUT2D eigenvalue weighted by atomic mass is 10.1. The Balaban J connectivity index is 1.70. The number of nitrogens with one attached hydrogen (secondary N) is 1. The van der Waals surface area contributed by atoms with Crippen LogP contribution in [0.1, 0.15) is 13.8 Å². The van der Waals surface area contributed by atoms with Crippen molar-refractivity contribution in [1.29, 1.82) is 0 Å². The number of anilines is 3. The molecule has 0 saturated carbocycles. The molecule has 3 rings (SSSR count). The number of halogens is 1. The standard InChI is InChI=1S/C20H28BrN5O2/c1-14-12-26(15(2)11-25(14)7-8-28-4)17-5-6-19(22-10-17)23-18-9-16(21)13-24(3)20(18)27/h5-6,9-10,13-15H,7-8,11-12H2,1-4H3,(H,22,23)/t14-,15+/m1/s1. The highest BCUT2D eigenvalue weighted by atomic mass is 79.9. The van der Waals surface area contributed by atoms with Gasteiger partial charge >= 0.3 is 0 Å². The fourth-order valence-electron chi connectivity index (χ4n) is 3.61. The highest BCUT2D eigenvalue weighted by Crippen LogP contribution is 2.24. The fraction of sp³-hybridized carbons (Fsp3) is 0.500. The predicted molar refractivity (Wildman–Crippen MR) is 117 cm³/mol. The molecule has 0 spiro atoms. The smallest absolute Gasteiger partial charge is 0.274 e. The minimum Gasteiger partial charge on any atom is -0.383 e. The summed E-state index contributed by atoms with van der Waals surface area (Å²) in [5, 5.41) is 3.12. The highest BCUT2D eigenvalue weighted by molar-refractivity contribution is 9.10. The summed E-state index contributed by atoms with van der Waals surface area (Å²) in [7, 11) is 3.47. The summed E-state index contributed by atoms with van der Waals surface area (Å²) in [6, 6.07) is 6.59. The predicted octanol–water partition coefficient (Wildman–Crippen LogP) is 2.83. The van der Waals surface area contributed by atoms with Crippen LogP contribution in [0.15, 0.2) is 39.9 Å². The number of hydrogen-bond acceptors (Lipinski definition) is 6. The number of rotatable bonds is 6. The van der Waals surface area contributed by atoms with Crippen LogP contribution in [-0.2, 0) is 11.8 Å². The molecule has 1 aliphatic heterocycles. The van der Waals surface area contributed by atoms with Crippen molar-refractivity contribution in [3.63, 3.8) is 0 Å². The van der Waals surface area contributed by atoms with Gasteiger partial charge in [0.05, 0.1) is 18.5 Å². The molecule has 0 radical (unpaired) electrons. The SMILES string of the molecule is COCCN1C[C@H](C)N(c2ccc(Nc3cc(Br)cn(C)c3=O)nc2)C[C@H]1C. The number of aryl methyl sites for hydroxylation is 1. The molecule has 2 atom stereocenters. The molecule has 2 aromatic rings. The first-order chi connectivity index (χ1) is 13.4. The van der Waals surface area contributed by atoms with Gasteiger partial charge in [-0.15, -0.1) is 0 Å². The van der Waals surface area contributed by atoms with Crippen molar-refractivity contribution < 1.29 is 4.74 Å². The van der Waals surface area contributed by atoms with E-state index in [4.69, 9.17) is 4.74 Å². The number of methoxy groups -OCH3 is 1. The number of pyridine rings is 2. The Hall–Kier alpha value is -1.90. The molecule has 152 valence electrons. The maximum Gasteiger partial charge on any atom is 0.274 e. The number of aromatic nitrogens is 2. The van der Waals surface area contributed by atoms with Crippen LogP contribution in [0.5, 0.6) is 0 Å². The van der Waals surface area contributed by atoms with E-state index in [0.29, 0.717) is 23.6 Å². The zero-order chi connectivity index (χ0) is 20.3. The Kier molecular flexibility index (Phi) is 6.74. The maximum absolute atomic E-state index is 12.3. The number of ether oxygens (including phenoxy) is 1. The van der Waals surface area contributed by atoms with E-state index >= 15 is 0 Å². The summed E-state index contributed by atoms with van der Waals surface area (Å²) in [5.41, 5.74) is 1.49. The van der Waals surface area contributed by atoms with Gasteiger partial charge in [-0.25, -0.2) is 4.98 Å². The monoisotopic (exact) mass is 449 g/mol. The third-order valence-corrected chi connectivity index (χ3v) is 5.62. The Morgan fingerprint density at radius 3 is 2.75 bits per heavy atom. The van der Waals surface area contributed by atoms with E-state index in [-0.39, 0.29) is 5.56 Å². The normalized spacial score (nSPS) is 20.4. The van der Waals surface area contributed by atoms with Crippen LogP contribution in [0.4, 0.5) is 17.2 Å². The van der Waals surface area contributed by atoms with Gasteiger partial charge in [-0.05, 0) is 48.0 Å². The molecule has 8 heteroatoms. The Morgan fingerprint density at radius 2 is 2.07 bits per heavy atom. The van der Waals surface area contributed by atoms with Crippen LogP contribution in [0.2, 0.25) is 0 Å². The van der Waals surface area contributed by atoms with Gasteiger partial charge in [-0.3, -0.25) is 9.69 Å². The van der Waals surface area contributed by atoms with E-state index in [0.717, 1.165) is 36.4 Å². The van der Waals surface area contributed by atoms with E-state index in [9.17, 15) is 4.79 Å². The molecule has 28 heavy (non-hydrogen) atoms. The van der Waals surface area contributed by atoms with Crippen molar-refractivity contribution in [3.05, 3.63) is 45.4 Å². The first-order valence-corrected chi connectivity index (χ1v) is 10.3. The zero-order valence-corrected chi connectivity index (χ0v) is 18.4. The lowest BCUT2D eigenvalue weighted by Crippen LogP contribution is -2.57. The summed E-state index contributed by atoms with van der Waals surface area (Å²) in [4.78, 5) is 21.6. The van der Waals surface area contributed by atoms with Crippen LogP contribution in [-0.4, -0.2) is 59.9 Å². The van der Waals surface area contributed by atoms with Gasteiger partial charge in [0.15, 0.2) is 0 Å². The number of hydrogen-bond donors (Lipinski definition) is 1. The molecule has 2 aromatic heterocycles. The molecule has 0 aromatic carbocycles. The summed E-state index contributed by atoms with van der Waals surface area (Å²) in [5.74, 6) is 0.651. The van der Waals surface area contributed by atoms with Crippen molar-refractivity contribution in [2.75, 3.05) is 43.6 Å². The third-order valence-electron chi connectivity index (χ3n) is 5.19. The molecule has 3 heterocycles. The second-order valence-electron chi connectivity index (χ2n) is 7.35. The van der Waals surface area contributed by atoms with Crippen LogP contribution in [0.25, 0.3) is 0 Å². The van der Waals surface area contributed by atoms with Crippen molar-refractivity contribution in [3.8, 4) is 0 Å². The minimum atomic E-state index is -0.0938. The lowest BCUT2D eigenvalue weighted by Gasteiger charge is -2.45. The van der Waals surface area contributed by atoms with E-state index in [1.165, 1.54) is 4.57 Å². The Labute approximate surface area is 174 Å². The highest BCUT2D eigenvalue weighted by Gasteiger charge is 2.28. The molecular weight excluding hydrogens is 422 g/mol. The maximum atomic E-state index is 12.3. The van der Waals surface area contributed by atoms with Gasteiger partial charge in [0.25, 0.3) is 5.56 Å². The molecule has 1 fully saturated rings. The topological polar surface area (TPSA) is 62.6 Å². The second kappa shape index (κ2) is 9.07. The first kappa shape index (κ1) is 20.8. The summed E-state index contributed by atoms with van der Waals surface area (Å²) < 4.78 is 7.60. The fourth-order valence-corrected chi connectivity index (χ4v) is 4.14. The first-order valence-electron chi connectivity index (χ1n) is 9.48. The molecule has 0 bridgehead atoms. The van der Waals surface area contributed by atoms with Gasteiger partial charge in [-0.1, -0.05) is 0 Å². The Bertz CT molecular complexity index is 855. The van der Waals surface area contributed by atoms with Gasteiger partial charge in [0.2, 0.25) is 0 Å². The van der Waals surface area contributed by atoms with E-state index in [1.807, 2.05) is 12.3 Å². The molecule has 0 unspecified atom stereocenters. The molecule has 0 amide bonds. The van der Waals surface area contributed by atoms with Gasteiger partial charge in [0.1, 0.15) is 11.5 Å². The lowest BCUT2D eigenvalue weighted by molar-refractivity contribution is 0.106. The molecule has 1 N–H and O–H groups in total. The molecule has 0 aliphatic carbocycles. The van der Waals surface area contributed by atoms with E-state index in [2.05, 4.69) is 55.9 Å². The number of nitrogens with zero attached hydrogens (tertiary/aromatic N) is 4. The van der Waals surface area contributed by atoms with Crippen molar-refractivity contribution in [1.82, 2.24) is 14.5 Å². The van der Waals surface area contributed by atoms with Crippen LogP contribution >= 0.6 is 15.9 Å². The summed E-state index contributed by atoms with van der Waals surface area (Å²) >= 11 is 3.42. The number of piperazine rings is 1. The van der Waals surface area contributed by atoms with Crippen molar-refractivity contribution >= 4 is 33.1 Å². The molecular formula is C20H28BrN5O2. The van der Waals surface area contributed by atoms with Crippen LogP contribution in [0, 0.1) is 0 Å². The molecule has 7 nitrogen and oxygen atoms in total. The summed E-state index contributed by atoms with van der Waals surface area (Å²) in [6.07, 6.45) is 3.61. The Morgan fingerprint density at radius 1 is 1.29 bits per heavy atom. The zero-order valence-electron chi connectivity index (χ0n) is 16.9. The quantitative estimate of drug-likeness (QED) is 0.731. The average molecular weight is 450 g/mol. The van der Waals surface area contributed by atoms with Gasteiger partial charge < -0.3 is 19.5 Å². The van der Waals surface area contributed by atoms with Crippen LogP contribution < -0.4 is 15.8 Å². The second-order valence-corrected chi connectivity index (χ2v) is 8.27. The van der Waals surface area contributed by atoms with Gasteiger partial charge in [0, 0.05) is 56.5 Å².